The van der Waals surface area contributed by atoms with Gasteiger partial charge in [-0.05, 0) is 25.3 Å². The summed E-state index contributed by atoms with van der Waals surface area (Å²) in [7, 11) is -10.2. The average Bonchev–Trinajstić information content (AvgIpc) is 2.58. The number of hydrogen-bond donors (Lipinski definition) is 2. The molecule has 0 spiro atoms. The Morgan fingerprint density at radius 2 is 1.52 bits per heavy atom. The third-order valence-corrected chi connectivity index (χ3v) is 5.45. The molecule has 1 aliphatic heterocycles. The number of ether oxygens (including phenoxy) is 2. The summed E-state index contributed by atoms with van der Waals surface area (Å²) >= 11 is 0.926. The summed E-state index contributed by atoms with van der Waals surface area (Å²) in [5, 5.41) is 0. The van der Waals surface area contributed by atoms with E-state index in [0.717, 1.165) is 11.8 Å². The second kappa shape index (κ2) is 10.9. The molecule has 0 aromatic heterocycles. The van der Waals surface area contributed by atoms with Crippen molar-refractivity contribution in [1.82, 2.24) is 0 Å². The molecule has 0 saturated carbocycles. The summed E-state index contributed by atoms with van der Waals surface area (Å²) in [6.07, 6.45) is -4.55. The summed E-state index contributed by atoms with van der Waals surface area (Å²) in [5.41, 5.74) is -1.00. The average molecular weight is 481 g/mol. The molecule has 0 radical (unpaired) electrons. The van der Waals surface area contributed by atoms with E-state index in [0.29, 0.717) is 0 Å². The molecule has 0 amide bonds. The molecule has 158 valence electrons. The van der Waals surface area contributed by atoms with Gasteiger partial charge in [0.05, 0.1) is 11.7 Å². The van der Waals surface area contributed by atoms with Crippen molar-refractivity contribution in [2.75, 3.05) is 6.26 Å². The maximum atomic E-state index is 12.4. The molecule has 15 heteroatoms. The zero-order valence-corrected chi connectivity index (χ0v) is 20.0. The minimum Gasteiger partial charge on any atom is -0.453 e. The van der Waals surface area contributed by atoms with Gasteiger partial charge in [-0.3, -0.25) is 9.11 Å². The number of carbonyl (C=O) groups is 1. The summed E-state index contributed by atoms with van der Waals surface area (Å²) in [5.74, 6) is -0.877. The van der Waals surface area contributed by atoms with Crippen molar-refractivity contribution >= 4 is 38.5 Å². The Morgan fingerprint density at radius 3 is 2.00 bits per heavy atom. The van der Waals surface area contributed by atoms with E-state index in [-0.39, 0.29) is 35.1 Å². The molecule has 2 rings (SSSR count). The Morgan fingerprint density at radius 1 is 1.00 bits per heavy atom. The molecule has 29 heavy (non-hydrogen) atoms. The fraction of sp³-hybridized carbons (Fsp3) is 0.500. The molecule has 1 fully saturated rings. The first-order valence-corrected chi connectivity index (χ1v) is 11.7. The van der Waals surface area contributed by atoms with Gasteiger partial charge < -0.3 is 9.47 Å². The molecule has 0 aliphatic carbocycles. The van der Waals surface area contributed by atoms with Gasteiger partial charge in [0.25, 0.3) is 0 Å². The van der Waals surface area contributed by atoms with Gasteiger partial charge in [-0.25, -0.2) is 13.2 Å². The fourth-order valence-electron chi connectivity index (χ4n) is 2.58. The quantitative estimate of drug-likeness (QED) is 0.244. The van der Waals surface area contributed by atoms with Gasteiger partial charge in [-0.1, -0.05) is 18.2 Å². The summed E-state index contributed by atoms with van der Waals surface area (Å²) < 4.78 is 82.9. The molecule has 11 nitrogen and oxygen atoms in total. The third kappa shape index (κ3) is 8.06. The minimum atomic E-state index is -5.11. The third-order valence-electron chi connectivity index (χ3n) is 3.68. The van der Waals surface area contributed by atoms with Crippen LogP contribution in [0.2, 0.25) is 0 Å². The monoisotopic (exact) mass is 481 g/mol. The first-order valence-electron chi connectivity index (χ1n) is 7.67. The van der Waals surface area contributed by atoms with Crippen LogP contribution in [0.5, 0.6) is 0 Å². The first kappa shape index (κ1) is 26.8. The molecule has 0 unspecified atom stereocenters. The van der Waals surface area contributed by atoms with Crippen LogP contribution in [-0.2, 0) is 38.6 Å². The van der Waals surface area contributed by atoms with Crippen LogP contribution in [0.3, 0.4) is 0 Å². The van der Waals surface area contributed by atoms with Crippen LogP contribution < -0.4 is 29.6 Å². The van der Waals surface area contributed by atoms with Gasteiger partial charge in [-0.15, -0.1) is 11.8 Å². The van der Waals surface area contributed by atoms with Crippen molar-refractivity contribution in [3.63, 3.8) is 0 Å². The largest absolute Gasteiger partial charge is 1.00 e. The number of carbonyl (C=O) groups excluding carboxylic acids is 1. The van der Waals surface area contributed by atoms with Crippen molar-refractivity contribution in [3.05, 3.63) is 35.9 Å². The van der Waals surface area contributed by atoms with Crippen molar-refractivity contribution in [3.8, 4) is 0 Å². The minimum absolute atomic E-state index is 0. The second-order valence-corrected chi connectivity index (χ2v) is 8.69. The van der Waals surface area contributed by atoms with Gasteiger partial charge in [0.2, 0.25) is 0 Å². The molecule has 1 heterocycles. The SMILES string of the molecule is CS[C@@H]1O[C@@H](C)[C@H](OC(=O)c2ccccc2)[C@@H](OS(=O)(=O)O)[C@H]1OS(=O)(=O)O.[Na+]. The molecule has 1 aromatic carbocycles. The number of hydrogen-bond acceptors (Lipinski definition) is 10. The van der Waals surface area contributed by atoms with Crippen molar-refractivity contribution in [2.45, 2.75) is 36.8 Å². The molecule has 5 atom stereocenters. The predicted octanol–water partition coefficient (Wildman–Crippen LogP) is -2.30. The van der Waals surface area contributed by atoms with E-state index in [2.05, 4.69) is 8.37 Å². The molecule has 1 aromatic rings. The van der Waals surface area contributed by atoms with E-state index < -0.39 is 56.6 Å². The van der Waals surface area contributed by atoms with Crippen molar-refractivity contribution in [1.29, 1.82) is 0 Å². The Kier molecular flexibility index (Phi) is 10.0. The molecular formula is C14H18NaO11S3+. The van der Waals surface area contributed by atoms with E-state index in [1.807, 2.05) is 0 Å². The zero-order chi connectivity index (χ0) is 21.1. The number of esters is 1. The fourth-order valence-corrected chi connectivity index (χ4v) is 4.41. The molecular weight excluding hydrogens is 463 g/mol. The van der Waals surface area contributed by atoms with Gasteiger partial charge in [0.1, 0.15) is 17.6 Å². The van der Waals surface area contributed by atoms with Crippen LogP contribution in [0.25, 0.3) is 0 Å². The van der Waals surface area contributed by atoms with E-state index in [4.69, 9.17) is 18.6 Å². The van der Waals surface area contributed by atoms with Gasteiger partial charge >= 0.3 is 56.3 Å². The number of benzene rings is 1. The Balaban J connectivity index is 0.00000420. The zero-order valence-electron chi connectivity index (χ0n) is 15.6. The van der Waals surface area contributed by atoms with E-state index in [9.17, 15) is 21.6 Å². The Labute approximate surface area is 194 Å². The van der Waals surface area contributed by atoms with Crippen LogP contribution >= 0.6 is 11.8 Å². The molecule has 0 bridgehead atoms. The van der Waals surface area contributed by atoms with Crippen LogP contribution in [0, 0.1) is 0 Å². The van der Waals surface area contributed by atoms with Gasteiger partial charge in [0.15, 0.2) is 6.10 Å². The maximum absolute atomic E-state index is 12.4. The van der Waals surface area contributed by atoms with E-state index in [1.54, 1.807) is 18.2 Å². The van der Waals surface area contributed by atoms with E-state index in [1.165, 1.54) is 25.3 Å². The topological polar surface area (TPSA) is 163 Å². The summed E-state index contributed by atoms with van der Waals surface area (Å²) in [4.78, 5) is 12.4. The van der Waals surface area contributed by atoms with Crippen LogP contribution in [0.1, 0.15) is 17.3 Å². The van der Waals surface area contributed by atoms with E-state index >= 15 is 0 Å². The van der Waals surface area contributed by atoms with Crippen molar-refractivity contribution < 1.29 is 78.1 Å². The van der Waals surface area contributed by atoms with Crippen LogP contribution in [0.15, 0.2) is 30.3 Å². The smallest absolute Gasteiger partial charge is 0.453 e. The van der Waals surface area contributed by atoms with Gasteiger partial charge in [-0.2, -0.15) is 16.8 Å². The van der Waals surface area contributed by atoms with Crippen molar-refractivity contribution in [2.24, 2.45) is 0 Å². The van der Waals surface area contributed by atoms with Crippen LogP contribution in [0.4, 0.5) is 0 Å². The molecule has 2 N–H and O–H groups in total. The summed E-state index contributed by atoms with van der Waals surface area (Å²) in [6, 6.07) is 7.67. The molecule has 1 aliphatic rings. The maximum Gasteiger partial charge on any atom is 1.00 e. The second-order valence-electron chi connectivity index (χ2n) is 5.66. The Hall–Kier alpha value is -0.260. The predicted molar refractivity (Wildman–Crippen MR) is 96.3 cm³/mol. The first-order chi connectivity index (χ1) is 12.9. The van der Waals surface area contributed by atoms with Crippen LogP contribution in [-0.4, -0.2) is 68.0 Å². The standard InChI is InChI=1S/C14H18O11S3.Na/c1-8-10(23-13(15)9-6-4-3-5-7-9)11(24-27(16,17)18)12(14(22-8)26-2)25-28(19,20)21;/h3-8,10-12,14H,1-2H3,(H,16,17,18)(H,19,20,21);/q;+1/t8-,10-,11+,12+,14-;/m0./s1. The van der Waals surface area contributed by atoms with Gasteiger partial charge in [0, 0.05) is 0 Å². The number of rotatable bonds is 7. The molecule has 1 saturated heterocycles. The normalized spacial score (nSPS) is 27.7. The number of thioether (sulfide) groups is 1. The Bertz CT molecular complexity index is 891. The summed E-state index contributed by atoms with van der Waals surface area (Å²) in [6.45, 7) is 1.43.